The van der Waals surface area contributed by atoms with Crippen molar-refractivity contribution in [2.75, 3.05) is 5.32 Å². The number of nitrogens with zero attached hydrogens (tertiary/aromatic N) is 1. The van der Waals surface area contributed by atoms with Gasteiger partial charge in [0.1, 0.15) is 6.04 Å². The van der Waals surface area contributed by atoms with E-state index in [1.165, 1.54) is 4.90 Å². The fraction of sp³-hybridized carbons (Fsp3) is 0.412. The van der Waals surface area contributed by atoms with Crippen molar-refractivity contribution in [3.8, 4) is 0 Å². The van der Waals surface area contributed by atoms with Gasteiger partial charge in [0.2, 0.25) is 11.8 Å². The van der Waals surface area contributed by atoms with Gasteiger partial charge in [-0.25, -0.2) is 4.39 Å². The van der Waals surface area contributed by atoms with Crippen molar-refractivity contribution in [1.82, 2.24) is 10.2 Å². The summed E-state index contributed by atoms with van der Waals surface area (Å²) in [6.45, 7) is 0.213. The summed E-state index contributed by atoms with van der Waals surface area (Å²) in [5.41, 5.74) is -0.638. The van der Waals surface area contributed by atoms with Crippen LogP contribution < -0.4 is 10.6 Å². The molecule has 1 aromatic carbocycles. The topological polar surface area (TPSA) is 95.6 Å². The van der Waals surface area contributed by atoms with Crippen LogP contribution >= 0.6 is 0 Å². The van der Waals surface area contributed by atoms with E-state index < -0.39 is 29.4 Å². The van der Waals surface area contributed by atoms with Gasteiger partial charge in [-0.2, -0.15) is 0 Å². The molecule has 4 rings (SSSR count). The van der Waals surface area contributed by atoms with Crippen molar-refractivity contribution in [2.24, 2.45) is 0 Å². The number of anilines is 1. The molecule has 2 fully saturated rings. The molecular weight excluding hydrogens is 329 g/mol. The molecule has 1 atom stereocenters. The summed E-state index contributed by atoms with van der Waals surface area (Å²) < 4.78 is 13.9. The van der Waals surface area contributed by atoms with Crippen LogP contribution in [0.5, 0.6) is 0 Å². The highest BCUT2D eigenvalue weighted by molar-refractivity contribution is 6.10. The van der Waals surface area contributed by atoms with Crippen LogP contribution in [0.15, 0.2) is 18.2 Å². The molecule has 4 amide bonds. The molecule has 2 aliphatic heterocycles. The molecule has 0 aromatic heterocycles. The van der Waals surface area contributed by atoms with E-state index in [4.69, 9.17) is 0 Å². The summed E-state index contributed by atoms with van der Waals surface area (Å²) in [6, 6.07) is 4.23. The minimum atomic E-state index is -1.84. The molecular formula is C17H16FN3O4. The van der Waals surface area contributed by atoms with Gasteiger partial charge in [-0.3, -0.25) is 24.5 Å². The van der Waals surface area contributed by atoms with Crippen molar-refractivity contribution >= 4 is 29.3 Å². The first kappa shape index (κ1) is 15.7. The molecule has 0 radical (unpaired) electrons. The van der Waals surface area contributed by atoms with Crippen molar-refractivity contribution in [2.45, 2.75) is 43.9 Å². The third-order valence-corrected chi connectivity index (χ3v) is 4.90. The number of carbonyl (C=O) groups is 4. The summed E-state index contributed by atoms with van der Waals surface area (Å²) in [5.74, 6) is -1.99. The lowest BCUT2D eigenvalue weighted by Gasteiger charge is -2.29. The van der Waals surface area contributed by atoms with Gasteiger partial charge < -0.3 is 10.2 Å². The Balaban J connectivity index is 1.59. The molecule has 2 heterocycles. The summed E-state index contributed by atoms with van der Waals surface area (Å²) >= 11 is 0. The van der Waals surface area contributed by atoms with E-state index in [-0.39, 0.29) is 49.4 Å². The Morgan fingerprint density at radius 2 is 2.04 bits per heavy atom. The number of carbonyl (C=O) groups excluding carboxylic acids is 4. The number of benzene rings is 1. The van der Waals surface area contributed by atoms with Crippen LogP contribution in [0.3, 0.4) is 0 Å². The number of imide groups is 1. The number of hydrogen-bond donors (Lipinski definition) is 2. The fourth-order valence-corrected chi connectivity index (χ4v) is 3.29. The molecule has 130 valence electrons. The summed E-state index contributed by atoms with van der Waals surface area (Å²) in [4.78, 5) is 49.5. The maximum Gasteiger partial charge on any atom is 0.262 e. The van der Waals surface area contributed by atoms with E-state index in [1.807, 2.05) is 0 Å². The molecule has 0 spiro atoms. The number of amides is 4. The zero-order chi connectivity index (χ0) is 17.8. The van der Waals surface area contributed by atoms with Crippen molar-refractivity contribution < 1.29 is 23.6 Å². The van der Waals surface area contributed by atoms with Crippen molar-refractivity contribution in [3.05, 3.63) is 29.3 Å². The minimum Gasteiger partial charge on any atom is -0.323 e. The van der Waals surface area contributed by atoms with Crippen LogP contribution in [0, 0.1) is 0 Å². The third-order valence-electron chi connectivity index (χ3n) is 4.90. The van der Waals surface area contributed by atoms with Gasteiger partial charge >= 0.3 is 0 Å². The first-order valence-corrected chi connectivity index (χ1v) is 8.16. The average Bonchev–Trinajstić information content (AvgIpc) is 3.23. The maximum atomic E-state index is 13.9. The van der Waals surface area contributed by atoms with Crippen LogP contribution in [-0.4, -0.2) is 40.2 Å². The Labute approximate surface area is 142 Å². The monoisotopic (exact) mass is 345 g/mol. The minimum absolute atomic E-state index is 0.171. The van der Waals surface area contributed by atoms with Gasteiger partial charge in [-0.1, -0.05) is 12.1 Å². The van der Waals surface area contributed by atoms with E-state index in [0.29, 0.717) is 5.56 Å². The average molecular weight is 345 g/mol. The summed E-state index contributed by atoms with van der Waals surface area (Å²) in [6.07, 6.45) is 0.804. The fourth-order valence-electron chi connectivity index (χ4n) is 3.29. The van der Waals surface area contributed by atoms with E-state index in [0.717, 1.165) is 0 Å². The lowest BCUT2D eigenvalue weighted by atomic mass is 10.0. The Hall–Kier alpha value is -2.77. The standard InChI is InChI=1S/C17H16FN3O4/c18-17(6-7-17)16(25)19-10-3-1-2-9-8-21(15(24)13(9)10)11-4-5-12(22)20-14(11)23/h1-3,11H,4-8H2,(H,19,25)(H,20,22,23). The third kappa shape index (κ3) is 2.57. The zero-order valence-electron chi connectivity index (χ0n) is 13.3. The number of halogens is 1. The first-order valence-electron chi connectivity index (χ1n) is 8.16. The number of rotatable bonds is 3. The van der Waals surface area contributed by atoms with Crippen LogP contribution in [0.25, 0.3) is 0 Å². The second-order valence-electron chi connectivity index (χ2n) is 6.66. The molecule has 1 saturated carbocycles. The largest absolute Gasteiger partial charge is 0.323 e. The lowest BCUT2D eigenvalue weighted by Crippen LogP contribution is -2.52. The second-order valence-corrected chi connectivity index (χ2v) is 6.66. The molecule has 3 aliphatic rings. The highest BCUT2D eigenvalue weighted by Crippen LogP contribution is 2.41. The highest BCUT2D eigenvalue weighted by atomic mass is 19.1. The molecule has 1 aliphatic carbocycles. The van der Waals surface area contributed by atoms with Gasteiger partial charge in [0.25, 0.3) is 11.8 Å². The van der Waals surface area contributed by atoms with Crippen molar-refractivity contribution in [3.63, 3.8) is 0 Å². The van der Waals surface area contributed by atoms with Gasteiger partial charge in [-0.05, 0) is 30.9 Å². The molecule has 0 bridgehead atoms. The normalized spacial score (nSPS) is 24.0. The zero-order valence-corrected chi connectivity index (χ0v) is 13.3. The second kappa shape index (κ2) is 5.37. The highest BCUT2D eigenvalue weighted by Gasteiger charge is 2.51. The quantitative estimate of drug-likeness (QED) is 0.795. The van der Waals surface area contributed by atoms with Crippen LogP contribution in [0.4, 0.5) is 10.1 Å². The molecule has 1 aromatic rings. The Morgan fingerprint density at radius 1 is 1.28 bits per heavy atom. The molecule has 8 heteroatoms. The molecule has 1 unspecified atom stereocenters. The van der Waals surface area contributed by atoms with E-state index >= 15 is 0 Å². The molecule has 25 heavy (non-hydrogen) atoms. The molecule has 2 N–H and O–H groups in total. The molecule has 1 saturated heterocycles. The van der Waals surface area contributed by atoms with Gasteiger partial charge in [0, 0.05) is 13.0 Å². The molecule has 7 nitrogen and oxygen atoms in total. The van der Waals surface area contributed by atoms with E-state index in [9.17, 15) is 23.6 Å². The maximum absolute atomic E-state index is 13.9. The van der Waals surface area contributed by atoms with Crippen LogP contribution in [-0.2, 0) is 20.9 Å². The summed E-state index contributed by atoms with van der Waals surface area (Å²) in [5, 5.41) is 4.74. The van der Waals surface area contributed by atoms with Gasteiger partial charge in [-0.15, -0.1) is 0 Å². The SMILES string of the molecule is O=C1CCC(N2Cc3cccc(NC(=O)C4(F)CC4)c3C2=O)C(=O)N1. The lowest BCUT2D eigenvalue weighted by molar-refractivity contribution is -0.137. The predicted octanol–water partition coefficient (Wildman–Crippen LogP) is 0.888. The summed E-state index contributed by atoms with van der Waals surface area (Å²) in [7, 11) is 0. The van der Waals surface area contributed by atoms with E-state index in [1.54, 1.807) is 18.2 Å². The Kier molecular flexibility index (Phi) is 3.38. The van der Waals surface area contributed by atoms with Gasteiger partial charge in [0.05, 0.1) is 11.3 Å². The van der Waals surface area contributed by atoms with Crippen molar-refractivity contribution in [1.29, 1.82) is 0 Å². The Bertz CT molecular complexity index is 818. The Morgan fingerprint density at radius 3 is 2.72 bits per heavy atom. The number of piperidine rings is 1. The van der Waals surface area contributed by atoms with E-state index in [2.05, 4.69) is 10.6 Å². The van der Waals surface area contributed by atoms with Gasteiger partial charge in [0.15, 0.2) is 5.67 Å². The number of alkyl halides is 1. The first-order chi connectivity index (χ1) is 11.9. The number of nitrogens with one attached hydrogen (secondary N) is 2. The predicted molar refractivity (Wildman–Crippen MR) is 84.2 cm³/mol. The smallest absolute Gasteiger partial charge is 0.262 e. The van der Waals surface area contributed by atoms with Crippen LogP contribution in [0.2, 0.25) is 0 Å². The number of fused-ring (bicyclic) bond motifs is 1. The van der Waals surface area contributed by atoms with Crippen LogP contribution in [0.1, 0.15) is 41.6 Å². The number of hydrogen-bond acceptors (Lipinski definition) is 4.